The first-order chi connectivity index (χ1) is 11.2. The number of unbranched alkanes of at least 4 members (excludes halogenated alkanes) is 1. The van der Waals surface area contributed by atoms with Gasteiger partial charge in [0.2, 0.25) is 6.41 Å². The molecule has 7 nitrogen and oxygen atoms in total. The molecular formula is C16H26N4O3. The van der Waals surface area contributed by atoms with Crippen molar-refractivity contribution in [1.82, 2.24) is 20.9 Å². The lowest BCUT2D eigenvalue weighted by Gasteiger charge is -2.20. The zero-order valence-corrected chi connectivity index (χ0v) is 13.3. The van der Waals surface area contributed by atoms with Crippen LogP contribution in [0, 0.1) is 0 Å². The molecule has 23 heavy (non-hydrogen) atoms. The fourth-order valence-corrected chi connectivity index (χ4v) is 2.05. The maximum absolute atomic E-state index is 11.2. The Morgan fingerprint density at radius 3 is 2.43 bits per heavy atom. The predicted octanol–water partition coefficient (Wildman–Crippen LogP) is 0.830. The quantitative estimate of drug-likeness (QED) is 0.245. The third-order valence-corrected chi connectivity index (χ3v) is 3.28. The smallest absolute Gasteiger partial charge is 0.408 e. The van der Waals surface area contributed by atoms with Crippen molar-refractivity contribution in [2.45, 2.75) is 19.4 Å². The number of hydrogen-bond donors (Lipinski definition) is 4. The van der Waals surface area contributed by atoms with Gasteiger partial charge in [-0.25, -0.2) is 4.79 Å². The Kier molecular flexibility index (Phi) is 10.2. The van der Waals surface area contributed by atoms with E-state index in [-0.39, 0.29) is 0 Å². The van der Waals surface area contributed by atoms with Gasteiger partial charge in [0.15, 0.2) is 0 Å². The summed E-state index contributed by atoms with van der Waals surface area (Å²) in [5.41, 5.74) is 0.971. The predicted molar refractivity (Wildman–Crippen MR) is 89.0 cm³/mol. The van der Waals surface area contributed by atoms with Gasteiger partial charge in [-0.15, -0.1) is 0 Å². The number of hydrogen-bond acceptors (Lipinski definition) is 4. The molecule has 1 rings (SSSR count). The summed E-state index contributed by atoms with van der Waals surface area (Å²) in [5.74, 6) is 0. The third kappa shape index (κ3) is 9.49. The Morgan fingerprint density at radius 1 is 1.04 bits per heavy atom. The van der Waals surface area contributed by atoms with E-state index in [2.05, 4.69) is 16.0 Å². The SMILES string of the molecule is O=CNCCCCNCCNCN(Cc1ccccc1)C(=O)O. The molecule has 0 aliphatic carbocycles. The second-order valence-electron chi connectivity index (χ2n) is 5.15. The topological polar surface area (TPSA) is 93.7 Å². The Bertz CT molecular complexity index is 442. The first kappa shape index (κ1) is 18.9. The fraction of sp³-hybridized carbons (Fsp3) is 0.500. The molecule has 1 aromatic carbocycles. The van der Waals surface area contributed by atoms with Crippen molar-refractivity contribution in [3.05, 3.63) is 35.9 Å². The Balaban J connectivity index is 2.07. The normalized spacial score (nSPS) is 10.3. The van der Waals surface area contributed by atoms with Crippen LogP contribution in [0.4, 0.5) is 4.79 Å². The van der Waals surface area contributed by atoms with Gasteiger partial charge in [-0.3, -0.25) is 15.0 Å². The zero-order valence-electron chi connectivity index (χ0n) is 13.3. The van der Waals surface area contributed by atoms with Crippen molar-refractivity contribution < 1.29 is 14.7 Å². The van der Waals surface area contributed by atoms with E-state index in [1.807, 2.05) is 30.3 Å². The number of benzene rings is 1. The van der Waals surface area contributed by atoms with Crippen LogP contribution in [0.3, 0.4) is 0 Å². The van der Waals surface area contributed by atoms with Gasteiger partial charge in [-0.1, -0.05) is 30.3 Å². The summed E-state index contributed by atoms with van der Waals surface area (Å²) in [5, 5.41) is 18.2. The minimum absolute atomic E-state index is 0.301. The number of carboxylic acid groups (broad SMARTS) is 1. The van der Waals surface area contributed by atoms with Crippen LogP contribution in [-0.4, -0.2) is 55.4 Å². The van der Waals surface area contributed by atoms with Crippen LogP contribution >= 0.6 is 0 Å². The number of rotatable bonds is 13. The van der Waals surface area contributed by atoms with Crippen molar-refractivity contribution in [3.8, 4) is 0 Å². The largest absolute Gasteiger partial charge is 0.465 e. The van der Waals surface area contributed by atoms with Gasteiger partial charge in [0, 0.05) is 19.6 Å². The summed E-state index contributed by atoms with van der Waals surface area (Å²) in [7, 11) is 0. The molecule has 0 saturated heterocycles. The van der Waals surface area contributed by atoms with Crippen LogP contribution in [0.1, 0.15) is 18.4 Å². The van der Waals surface area contributed by atoms with Crippen molar-refractivity contribution in [2.24, 2.45) is 0 Å². The molecule has 4 N–H and O–H groups in total. The van der Waals surface area contributed by atoms with Crippen LogP contribution in [0.15, 0.2) is 30.3 Å². The molecule has 1 aromatic rings. The van der Waals surface area contributed by atoms with Crippen molar-refractivity contribution in [2.75, 3.05) is 32.8 Å². The fourth-order valence-electron chi connectivity index (χ4n) is 2.05. The van der Waals surface area contributed by atoms with E-state index in [4.69, 9.17) is 0 Å². The average molecular weight is 322 g/mol. The van der Waals surface area contributed by atoms with Gasteiger partial charge in [0.05, 0.1) is 13.2 Å². The Hall–Kier alpha value is -2.12. The maximum atomic E-state index is 11.2. The zero-order chi connectivity index (χ0) is 16.8. The lowest BCUT2D eigenvalue weighted by Crippen LogP contribution is -2.40. The lowest BCUT2D eigenvalue weighted by molar-refractivity contribution is -0.109. The molecule has 0 radical (unpaired) electrons. The molecule has 0 aliphatic rings. The van der Waals surface area contributed by atoms with Gasteiger partial charge in [0.25, 0.3) is 0 Å². The second-order valence-corrected chi connectivity index (χ2v) is 5.15. The summed E-state index contributed by atoms with van der Waals surface area (Å²) in [4.78, 5) is 22.6. The van der Waals surface area contributed by atoms with Crippen LogP contribution in [0.25, 0.3) is 0 Å². The molecule has 0 unspecified atom stereocenters. The highest BCUT2D eigenvalue weighted by Gasteiger charge is 2.11. The molecule has 0 saturated carbocycles. The first-order valence-electron chi connectivity index (χ1n) is 7.84. The molecule has 0 aromatic heterocycles. The van der Waals surface area contributed by atoms with E-state index in [0.717, 1.165) is 31.5 Å². The molecule has 2 amide bonds. The van der Waals surface area contributed by atoms with Gasteiger partial charge in [-0.05, 0) is 24.9 Å². The number of nitrogens with zero attached hydrogens (tertiary/aromatic N) is 1. The van der Waals surface area contributed by atoms with Gasteiger partial charge in [-0.2, -0.15) is 0 Å². The molecule has 0 atom stereocenters. The van der Waals surface area contributed by atoms with Crippen molar-refractivity contribution in [3.63, 3.8) is 0 Å². The Labute approximate surface area is 137 Å². The van der Waals surface area contributed by atoms with E-state index in [1.165, 1.54) is 4.90 Å². The summed E-state index contributed by atoms with van der Waals surface area (Å²) in [6.45, 7) is 3.74. The third-order valence-electron chi connectivity index (χ3n) is 3.28. The maximum Gasteiger partial charge on any atom is 0.408 e. The molecule has 0 fully saturated rings. The molecule has 128 valence electrons. The molecule has 0 spiro atoms. The standard InChI is InChI=1S/C16H26N4O3/c21-14-19-9-5-4-8-17-10-11-18-13-20(16(22)23)12-15-6-2-1-3-7-15/h1-3,6-7,14,17-18H,4-5,8-13H2,(H,19,21)(H,22,23). The van der Waals surface area contributed by atoms with E-state index in [9.17, 15) is 14.7 Å². The minimum Gasteiger partial charge on any atom is -0.465 e. The van der Waals surface area contributed by atoms with Crippen LogP contribution in [0.5, 0.6) is 0 Å². The monoisotopic (exact) mass is 322 g/mol. The van der Waals surface area contributed by atoms with Crippen LogP contribution < -0.4 is 16.0 Å². The molecular weight excluding hydrogens is 296 g/mol. The molecule has 0 heterocycles. The van der Waals surface area contributed by atoms with Crippen LogP contribution in [-0.2, 0) is 11.3 Å². The molecule has 0 aliphatic heterocycles. The summed E-state index contributed by atoms with van der Waals surface area (Å²) >= 11 is 0. The molecule has 7 heteroatoms. The minimum atomic E-state index is -0.933. The highest BCUT2D eigenvalue weighted by molar-refractivity contribution is 5.64. The number of amides is 2. The average Bonchev–Trinajstić information content (AvgIpc) is 2.56. The number of carbonyl (C=O) groups is 2. The van der Waals surface area contributed by atoms with Gasteiger partial charge >= 0.3 is 6.09 Å². The van der Waals surface area contributed by atoms with E-state index < -0.39 is 6.09 Å². The van der Waals surface area contributed by atoms with Crippen molar-refractivity contribution in [1.29, 1.82) is 0 Å². The highest BCUT2D eigenvalue weighted by Crippen LogP contribution is 2.03. The molecule has 0 bridgehead atoms. The van der Waals surface area contributed by atoms with Crippen LogP contribution in [0.2, 0.25) is 0 Å². The van der Waals surface area contributed by atoms with Gasteiger partial charge < -0.3 is 15.7 Å². The summed E-state index contributed by atoms with van der Waals surface area (Å²) < 4.78 is 0. The van der Waals surface area contributed by atoms with E-state index in [1.54, 1.807) is 0 Å². The van der Waals surface area contributed by atoms with Crippen molar-refractivity contribution >= 4 is 12.5 Å². The summed E-state index contributed by atoms with van der Waals surface area (Å²) in [6.07, 6.45) is 1.72. The Morgan fingerprint density at radius 2 is 1.74 bits per heavy atom. The number of carbonyl (C=O) groups excluding carboxylic acids is 1. The first-order valence-corrected chi connectivity index (χ1v) is 7.84. The summed E-state index contributed by atoms with van der Waals surface area (Å²) in [6, 6.07) is 9.54. The number of nitrogens with one attached hydrogen (secondary N) is 3. The highest BCUT2D eigenvalue weighted by atomic mass is 16.4. The second kappa shape index (κ2) is 12.4. The van der Waals surface area contributed by atoms with E-state index in [0.29, 0.717) is 32.7 Å². The van der Waals surface area contributed by atoms with E-state index >= 15 is 0 Å². The van der Waals surface area contributed by atoms with Gasteiger partial charge in [0.1, 0.15) is 0 Å². The lowest BCUT2D eigenvalue weighted by atomic mass is 10.2.